The summed E-state index contributed by atoms with van der Waals surface area (Å²) in [7, 11) is 0. The predicted octanol–water partition coefficient (Wildman–Crippen LogP) is 2.43. The zero-order valence-electron chi connectivity index (χ0n) is 11.9. The van der Waals surface area contributed by atoms with Gasteiger partial charge in [0.2, 0.25) is 5.88 Å². The Balaban J connectivity index is 1.94. The van der Waals surface area contributed by atoms with Crippen molar-refractivity contribution >= 4 is 16.5 Å². The molecule has 1 aromatic heterocycles. The molecule has 1 aromatic carbocycles. The van der Waals surface area contributed by atoms with E-state index in [1.165, 1.54) is 17.5 Å². The van der Waals surface area contributed by atoms with Gasteiger partial charge in [0, 0.05) is 36.9 Å². The standard InChI is InChI=1S/C16H21N3O/c1-2-20-16-15-5-4-14(12-13(15)6-8-18-16)19-10-3-7-17-9-11-19/h4-6,8,12,17H,2-3,7,9-11H2,1H3. The van der Waals surface area contributed by atoms with Crippen LogP contribution in [0.15, 0.2) is 30.5 Å². The van der Waals surface area contributed by atoms with Crippen LogP contribution >= 0.6 is 0 Å². The molecule has 2 aromatic rings. The first-order valence-electron chi connectivity index (χ1n) is 7.35. The Labute approximate surface area is 119 Å². The summed E-state index contributed by atoms with van der Waals surface area (Å²) in [5, 5.41) is 5.72. The highest BCUT2D eigenvalue weighted by Crippen LogP contribution is 2.27. The predicted molar refractivity (Wildman–Crippen MR) is 82.6 cm³/mol. The van der Waals surface area contributed by atoms with Crippen LogP contribution in [0.25, 0.3) is 10.8 Å². The third kappa shape index (κ3) is 2.70. The van der Waals surface area contributed by atoms with Gasteiger partial charge < -0.3 is 15.0 Å². The molecule has 0 aliphatic carbocycles. The average Bonchev–Trinajstić information content (AvgIpc) is 2.76. The maximum Gasteiger partial charge on any atom is 0.221 e. The lowest BCUT2D eigenvalue weighted by Crippen LogP contribution is -2.27. The quantitative estimate of drug-likeness (QED) is 0.930. The topological polar surface area (TPSA) is 37.4 Å². The highest BCUT2D eigenvalue weighted by molar-refractivity contribution is 5.89. The second-order valence-corrected chi connectivity index (χ2v) is 5.05. The first-order valence-corrected chi connectivity index (χ1v) is 7.35. The van der Waals surface area contributed by atoms with Crippen LogP contribution in [0.3, 0.4) is 0 Å². The van der Waals surface area contributed by atoms with Crippen molar-refractivity contribution in [1.82, 2.24) is 10.3 Å². The van der Waals surface area contributed by atoms with Crippen LogP contribution in [0.4, 0.5) is 5.69 Å². The first kappa shape index (κ1) is 13.2. The van der Waals surface area contributed by atoms with Crippen molar-refractivity contribution < 1.29 is 4.74 Å². The van der Waals surface area contributed by atoms with Crippen molar-refractivity contribution in [2.45, 2.75) is 13.3 Å². The van der Waals surface area contributed by atoms with E-state index in [1.54, 1.807) is 0 Å². The molecule has 0 amide bonds. The number of nitrogens with zero attached hydrogens (tertiary/aromatic N) is 2. The van der Waals surface area contributed by atoms with Crippen molar-refractivity contribution in [1.29, 1.82) is 0 Å². The summed E-state index contributed by atoms with van der Waals surface area (Å²) in [6.07, 6.45) is 3.01. The number of hydrogen-bond donors (Lipinski definition) is 1. The number of benzene rings is 1. The number of ether oxygens (including phenoxy) is 1. The molecule has 0 unspecified atom stereocenters. The van der Waals surface area contributed by atoms with E-state index in [4.69, 9.17) is 4.74 Å². The molecule has 1 fully saturated rings. The smallest absolute Gasteiger partial charge is 0.221 e. The van der Waals surface area contributed by atoms with Gasteiger partial charge in [-0.3, -0.25) is 0 Å². The van der Waals surface area contributed by atoms with E-state index < -0.39 is 0 Å². The van der Waals surface area contributed by atoms with Crippen molar-refractivity contribution in [3.05, 3.63) is 30.5 Å². The Hall–Kier alpha value is -1.81. The number of fused-ring (bicyclic) bond motifs is 1. The van der Waals surface area contributed by atoms with Crippen molar-refractivity contribution in [3.63, 3.8) is 0 Å². The molecule has 3 rings (SSSR count). The van der Waals surface area contributed by atoms with Gasteiger partial charge in [-0.05, 0) is 49.5 Å². The number of pyridine rings is 1. The summed E-state index contributed by atoms with van der Waals surface area (Å²) in [5.74, 6) is 0.731. The second-order valence-electron chi connectivity index (χ2n) is 5.05. The largest absolute Gasteiger partial charge is 0.478 e. The van der Waals surface area contributed by atoms with Gasteiger partial charge in [0.25, 0.3) is 0 Å². The van der Waals surface area contributed by atoms with Crippen LogP contribution in [0.2, 0.25) is 0 Å². The summed E-state index contributed by atoms with van der Waals surface area (Å²) >= 11 is 0. The van der Waals surface area contributed by atoms with Gasteiger partial charge in [-0.15, -0.1) is 0 Å². The molecule has 0 bridgehead atoms. The molecule has 4 heteroatoms. The molecule has 1 N–H and O–H groups in total. The zero-order chi connectivity index (χ0) is 13.8. The van der Waals surface area contributed by atoms with Crippen LogP contribution < -0.4 is 15.0 Å². The summed E-state index contributed by atoms with van der Waals surface area (Å²) in [6.45, 7) is 6.97. The number of hydrogen-bond acceptors (Lipinski definition) is 4. The summed E-state index contributed by atoms with van der Waals surface area (Å²) in [4.78, 5) is 6.75. The van der Waals surface area contributed by atoms with Crippen molar-refractivity contribution in [3.8, 4) is 5.88 Å². The van der Waals surface area contributed by atoms with E-state index >= 15 is 0 Å². The van der Waals surface area contributed by atoms with E-state index in [1.807, 2.05) is 13.1 Å². The lowest BCUT2D eigenvalue weighted by atomic mass is 10.1. The molecule has 1 aliphatic heterocycles. The van der Waals surface area contributed by atoms with Gasteiger partial charge >= 0.3 is 0 Å². The van der Waals surface area contributed by atoms with E-state index in [9.17, 15) is 0 Å². The van der Waals surface area contributed by atoms with Crippen molar-refractivity contribution in [2.75, 3.05) is 37.7 Å². The number of nitrogens with one attached hydrogen (secondary N) is 1. The summed E-state index contributed by atoms with van der Waals surface area (Å²) < 4.78 is 5.59. The Bertz CT molecular complexity index is 577. The highest BCUT2D eigenvalue weighted by atomic mass is 16.5. The molecule has 0 spiro atoms. The van der Waals surface area contributed by atoms with Gasteiger partial charge in [0.1, 0.15) is 0 Å². The minimum atomic E-state index is 0.645. The number of aromatic nitrogens is 1. The highest BCUT2D eigenvalue weighted by Gasteiger charge is 2.11. The molecular weight excluding hydrogens is 250 g/mol. The van der Waals surface area contributed by atoms with Gasteiger partial charge in [-0.1, -0.05) is 0 Å². The monoisotopic (exact) mass is 271 g/mol. The van der Waals surface area contributed by atoms with E-state index in [2.05, 4.69) is 39.5 Å². The molecule has 4 nitrogen and oxygen atoms in total. The normalized spacial score (nSPS) is 16.1. The molecule has 2 heterocycles. The fourth-order valence-corrected chi connectivity index (χ4v) is 2.69. The molecule has 1 saturated heterocycles. The Kier molecular flexibility index (Phi) is 4.02. The minimum Gasteiger partial charge on any atom is -0.478 e. The molecule has 0 atom stereocenters. The van der Waals surface area contributed by atoms with E-state index in [0.717, 1.165) is 37.4 Å². The Morgan fingerprint density at radius 3 is 3.10 bits per heavy atom. The van der Waals surface area contributed by atoms with Gasteiger partial charge in [0.05, 0.1) is 6.61 Å². The molecule has 106 valence electrons. The third-order valence-corrected chi connectivity index (χ3v) is 3.70. The van der Waals surface area contributed by atoms with Gasteiger partial charge in [0.15, 0.2) is 0 Å². The molecule has 20 heavy (non-hydrogen) atoms. The molecule has 0 saturated carbocycles. The molecule has 0 radical (unpaired) electrons. The van der Waals surface area contributed by atoms with Crippen molar-refractivity contribution in [2.24, 2.45) is 0 Å². The average molecular weight is 271 g/mol. The van der Waals surface area contributed by atoms with Gasteiger partial charge in [-0.2, -0.15) is 0 Å². The fourth-order valence-electron chi connectivity index (χ4n) is 2.69. The van der Waals surface area contributed by atoms with Crippen LogP contribution in [0.1, 0.15) is 13.3 Å². The second kappa shape index (κ2) is 6.09. The van der Waals surface area contributed by atoms with Crippen LogP contribution in [0, 0.1) is 0 Å². The molecular formula is C16H21N3O. The third-order valence-electron chi connectivity index (χ3n) is 3.70. The maximum atomic E-state index is 5.59. The Morgan fingerprint density at radius 1 is 1.25 bits per heavy atom. The van der Waals surface area contributed by atoms with Crippen LogP contribution in [-0.4, -0.2) is 37.8 Å². The van der Waals surface area contributed by atoms with Crippen LogP contribution in [0.5, 0.6) is 5.88 Å². The van der Waals surface area contributed by atoms with Crippen LogP contribution in [-0.2, 0) is 0 Å². The zero-order valence-corrected chi connectivity index (χ0v) is 11.9. The Morgan fingerprint density at radius 2 is 2.20 bits per heavy atom. The maximum absolute atomic E-state index is 5.59. The van der Waals surface area contributed by atoms with E-state index in [-0.39, 0.29) is 0 Å². The summed E-state index contributed by atoms with van der Waals surface area (Å²) in [5.41, 5.74) is 1.29. The lowest BCUT2D eigenvalue weighted by Gasteiger charge is -2.22. The SMILES string of the molecule is CCOc1nccc2cc(N3CCCNCC3)ccc12. The number of rotatable bonds is 3. The fraction of sp³-hybridized carbons (Fsp3) is 0.438. The molecule has 1 aliphatic rings. The number of anilines is 1. The minimum absolute atomic E-state index is 0.645. The van der Waals surface area contributed by atoms with Gasteiger partial charge in [-0.25, -0.2) is 4.98 Å². The lowest BCUT2D eigenvalue weighted by molar-refractivity contribution is 0.331. The van der Waals surface area contributed by atoms with E-state index in [0.29, 0.717) is 6.61 Å². The summed E-state index contributed by atoms with van der Waals surface area (Å²) in [6, 6.07) is 8.60. The first-order chi connectivity index (χ1) is 9.88.